The monoisotopic (exact) mass is 301 g/mol. The van der Waals surface area contributed by atoms with Gasteiger partial charge in [-0.3, -0.25) is 0 Å². The zero-order chi connectivity index (χ0) is 12.3. The molecule has 1 atom stereocenters. The maximum Gasteiger partial charge on any atom is 0.137 e. The molecule has 4 heteroatoms. The summed E-state index contributed by atoms with van der Waals surface area (Å²) in [6.07, 6.45) is 2.10. The van der Waals surface area contributed by atoms with Crippen LogP contribution in [0.5, 0.6) is 0 Å². The van der Waals surface area contributed by atoms with Gasteiger partial charge in [0, 0.05) is 25.3 Å². The van der Waals surface area contributed by atoms with Crippen molar-refractivity contribution in [3.8, 4) is 0 Å². The minimum absolute atomic E-state index is 0.216. The van der Waals surface area contributed by atoms with Crippen LogP contribution >= 0.6 is 15.9 Å². The first-order chi connectivity index (χ1) is 8.16. The van der Waals surface area contributed by atoms with Gasteiger partial charge in [0.25, 0.3) is 0 Å². The zero-order valence-corrected chi connectivity index (χ0v) is 11.5. The molecule has 17 heavy (non-hydrogen) atoms. The normalized spacial score (nSPS) is 19.2. The summed E-state index contributed by atoms with van der Waals surface area (Å²) in [7, 11) is 0. The number of rotatable bonds is 3. The summed E-state index contributed by atoms with van der Waals surface area (Å²) in [6, 6.07) is 5.91. The molecule has 1 unspecified atom stereocenters. The fourth-order valence-electron chi connectivity index (χ4n) is 2.10. The molecule has 0 amide bonds. The van der Waals surface area contributed by atoms with E-state index in [0.717, 1.165) is 31.6 Å². The number of hydrogen-bond donors (Lipinski definition) is 1. The highest BCUT2D eigenvalue weighted by Gasteiger charge is 2.17. The van der Waals surface area contributed by atoms with Crippen LogP contribution in [0.3, 0.4) is 0 Å². The van der Waals surface area contributed by atoms with E-state index < -0.39 is 0 Å². The Morgan fingerprint density at radius 2 is 2.12 bits per heavy atom. The maximum atomic E-state index is 13.1. The van der Waals surface area contributed by atoms with Crippen LogP contribution in [-0.4, -0.2) is 19.3 Å². The van der Waals surface area contributed by atoms with Crippen molar-refractivity contribution in [2.45, 2.75) is 31.8 Å². The lowest BCUT2D eigenvalue weighted by Gasteiger charge is -2.27. The summed E-state index contributed by atoms with van der Waals surface area (Å²) in [4.78, 5) is 0. The van der Waals surface area contributed by atoms with Crippen molar-refractivity contribution < 1.29 is 9.13 Å². The van der Waals surface area contributed by atoms with Gasteiger partial charge in [0.2, 0.25) is 0 Å². The van der Waals surface area contributed by atoms with Crippen LogP contribution in [0.15, 0.2) is 22.7 Å². The fourth-order valence-corrected chi connectivity index (χ4v) is 2.49. The van der Waals surface area contributed by atoms with Crippen molar-refractivity contribution in [3.05, 3.63) is 34.1 Å². The van der Waals surface area contributed by atoms with Crippen LogP contribution in [0.1, 0.15) is 31.4 Å². The lowest BCUT2D eigenvalue weighted by atomic mass is 10.0. The van der Waals surface area contributed by atoms with Crippen LogP contribution in [0.4, 0.5) is 4.39 Å². The van der Waals surface area contributed by atoms with E-state index >= 15 is 0 Å². The molecule has 94 valence electrons. The van der Waals surface area contributed by atoms with E-state index in [9.17, 15) is 4.39 Å². The fraction of sp³-hybridized carbons (Fsp3) is 0.538. The van der Waals surface area contributed by atoms with Gasteiger partial charge in [-0.1, -0.05) is 6.07 Å². The molecule has 0 saturated carbocycles. The molecule has 1 fully saturated rings. The number of ether oxygens (including phenoxy) is 1. The molecule has 1 saturated heterocycles. The Kier molecular flexibility index (Phi) is 4.54. The Morgan fingerprint density at radius 3 is 2.76 bits per heavy atom. The molecule has 1 aromatic rings. The van der Waals surface area contributed by atoms with Gasteiger partial charge in [0.1, 0.15) is 5.82 Å². The van der Waals surface area contributed by atoms with Crippen molar-refractivity contribution in [2.24, 2.45) is 0 Å². The van der Waals surface area contributed by atoms with Crippen LogP contribution in [-0.2, 0) is 4.74 Å². The van der Waals surface area contributed by atoms with E-state index in [1.807, 2.05) is 12.1 Å². The smallest absolute Gasteiger partial charge is 0.137 e. The molecular formula is C13H17BrFNO. The van der Waals surface area contributed by atoms with Gasteiger partial charge in [0.15, 0.2) is 0 Å². The van der Waals surface area contributed by atoms with Crippen LogP contribution < -0.4 is 5.32 Å². The molecule has 1 heterocycles. The summed E-state index contributed by atoms with van der Waals surface area (Å²) >= 11 is 3.22. The topological polar surface area (TPSA) is 21.3 Å². The largest absolute Gasteiger partial charge is 0.381 e. The summed E-state index contributed by atoms with van der Waals surface area (Å²) in [6.45, 7) is 3.77. The van der Waals surface area contributed by atoms with Gasteiger partial charge in [-0.2, -0.15) is 0 Å². The maximum absolute atomic E-state index is 13.1. The molecule has 1 N–H and O–H groups in total. The Hall–Kier alpha value is -0.450. The van der Waals surface area contributed by atoms with Crippen LogP contribution in [0.25, 0.3) is 0 Å². The third-order valence-electron chi connectivity index (χ3n) is 3.15. The minimum Gasteiger partial charge on any atom is -0.381 e. The third-order valence-corrected chi connectivity index (χ3v) is 3.76. The summed E-state index contributed by atoms with van der Waals surface area (Å²) in [5.74, 6) is -0.216. The van der Waals surface area contributed by atoms with Gasteiger partial charge in [-0.05, 0) is 53.4 Å². The van der Waals surface area contributed by atoms with E-state index in [4.69, 9.17) is 4.74 Å². The highest BCUT2D eigenvalue weighted by Crippen LogP contribution is 2.22. The summed E-state index contributed by atoms with van der Waals surface area (Å²) < 4.78 is 19.0. The summed E-state index contributed by atoms with van der Waals surface area (Å²) in [5.41, 5.74) is 1.10. The van der Waals surface area contributed by atoms with E-state index in [-0.39, 0.29) is 11.9 Å². The van der Waals surface area contributed by atoms with Crippen molar-refractivity contribution in [2.75, 3.05) is 13.2 Å². The molecule has 0 aromatic heterocycles. The first-order valence-corrected chi connectivity index (χ1v) is 6.75. The van der Waals surface area contributed by atoms with Crippen molar-refractivity contribution in [1.82, 2.24) is 5.32 Å². The third kappa shape index (κ3) is 3.50. The molecule has 2 nitrogen and oxygen atoms in total. The zero-order valence-electron chi connectivity index (χ0n) is 9.88. The average molecular weight is 302 g/mol. The molecule has 0 aliphatic carbocycles. The standard InChI is InChI=1S/C13H17BrFNO/c1-9(16-11-4-6-17-7-5-11)10-2-3-13(15)12(14)8-10/h2-3,8-9,11,16H,4-7H2,1H3. The number of benzene rings is 1. The Labute approximate surface area is 110 Å². The van der Waals surface area contributed by atoms with Gasteiger partial charge in [-0.25, -0.2) is 4.39 Å². The minimum atomic E-state index is -0.216. The van der Waals surface area contributed by atoms with Gasteiger partial charge >= 0.3 is 0 Å². The molecule has 0 bridgehead atoms. The lowest BCUT2D eigenvalue weighted by Crippen LogP contribution is -2.36. The number of hydrogen-bond acceptors (Lipinski definition) is 2. The van der Waals surface area contributed by atoms with Crippen molar-refractivity contribution in [1.29, 1.82) is 0 Å². The van der Waals surface area contributed by atoms with Gasteiger partial charge < -0.3 is 10.1 Å². The Balaban J connectivity index is 1.98. The Morgan fingerprint density at radius 1 is 1.41 bits per heavy atom. The average Bonchev–Trinajstić information content (AvgIpc) is 2.34. The van der Waals surface area contributed by atoms with Gasteiger partial charge in [-0.15, -0.1) is 0 Å². The van der Waals surface area contributed by atoms with Crippen molar-refractivity contribution >= 4 is 15.9 Å². The van der Waals surface area contributed by atoms with Crippen LogP contribution in [0.2, 0.25) is 0 Å². The van der Waals surface area contributed by atoms with Crippen LogP contribution in [0, 0.1) is 5.82 Å². The molecule has 0 radical (unpaired) electrons. The predicted molar refractivity (Wildman–Crippen MR) is 69.5 cm³/mol. The molecular weight excluding hydrogens is 285 g/mol. The lowest BCUT2D eigenvalue weighted by molar-refractivity contribution is 0.0754. The van der Waals surface area contributed by atoms with E-state index in [1.54, 1.807) is 0 Å². The van der Waals surface area contributed by atoms with E-state index in [1.165, 1.54) is 6.07 Å². The second kappa shape index (κ2) is 5.94. The second-order valence-electron chi connectivity index (χ2n) is 4.45. The molecule has 2 rings (SSSR count). The summed E-state index contributed by atoms with van der Waals surface area (Å²) in [5, 5.41) is 3.56. The Bertz CT molecular complexity index is 380. The van der Waals surface area contributed by atoms with E-state index in [2.05, 4.69) is 28.2 Å². The first kappa shape index (κ1) is 13.0. The predicted octanol–water partition coefficient (Wildman–Crippen LogP) is 3.42. The molecule has 1 aliphatic heterocycles. The number of nitrogens with one attached hydrogen (secondary N) is 1. The second-order valence-corrected chi connectivity index (χ2v) is 5.30. The first-order valence-electron chi connectivity index (χ1n) is 5.95. The van der Waals surface area contributed by atoms with Crippen molar-refractivity contribution in [3.63, 3.8) is 0 Å². The quantitative estimate of drug-likeness (QED) is 0.924. The molecule has 1 aromatic carbocycles. The SMILES string of the molecule is CC(NC1CCOCC1)c1ccc(F)c(Br)c1. The molecule has 1 aliphatic rings. The van der Waals surface area contributed by atoms with E-state index in [0.29, 0.717) is 10.5 Å². The highest BCUT2D eigenvalue weighted by atomic mass is 79.9. The number of halogens is 2. The van der Waals surface area contributed by atoms with Gasteiger partial charge in [0.05, 0.1) is 4.47 Å². The molecule has 0 spiro atoms. The highest BCUT2D eigenvalue weighted by molar-refractivity contribution is 9.10.